The second-order valence-corrected chi connectivity index (χ2v) is 32.5. The molecular weight excluding hydrogens is 1720 g/mol. The third-order valence-electron chi connectivity index (χ3n) is 13.6. The summed E-state index contributed by atoms with van der Waals surface area (Å²) in [4.78, 5) is 0. The number of hydrogen-bond donors (Lipinski definition) is 0. The van der Waals surface area contributed by atoms with Crippen molar-refractivity contribution in [1.29, 1.82) is 0 Å². The van der Waals surface area contributed by atoms with Crippen LogP contribution >= 0.6 is 31.7 Å². The molecule has 0 aliphatic heterocycles. The molecule has 0 saturated heterocycles. The average molecular weight is 1790 g/mol. The standard InChI is InChI=1S/4C18H15P.C6H5.Hg.2Pt.2H2S/c4*1-4-10-16(11-5-1)19(17-12-6-2-7-13-17)18-14-8-3-9-15-18;1-2-4-6-5-3-1;;;;;/h4*1-15H;1-5H;;;;2*1H2/q;;;;;+1;;;;/p+2. The minimum Gasteiger partial charge on any atom is -0.813 e. The Hall–Kier alpha value is -5.41. The Morgan fingerprint density at radius 3 is 0.287 bits per heavy atom. The molecule has 0 heterocycles. The van der Waals surface area contributed by atoms with E-state index in [9.17, 15) is 0 Å². The Labute approximate surface area is 581 Å². The van der Waals surface area contributed by atoms with Gasteiger partial charge in [-0.15, -0.1) is 0 Å². The Morgan fingerprint density at radius 1 is 0.138 bits per heavy atom. The molecule has 87 heavy (non-hydrogen) atoms. The van der Waals surface area contributed by atoms with Gasteiger partial charge in [0.15, 0.2) is 0 Å². The summed E-state index contributed by atoms with van der Waals surface area (Å²) in [6.07, 6.45) is 0. The van der Waals surface area contributed by atoms with Crippen LogP contribution in [-0.2, 0) is 95.2 Å². The largest absolute Gasteiger partial charge is 0.813 e. The molecule has 0 N–H and O–H groups in total. The quantitative estimate of drug-likeness (QED) is 0.0517. The molecule has 13 rings (SSSR count). The molecule has 0 aliphatic carbocycles. The van der Waals surface area contributed by atoms with Crippen LogP contribution in [0.3, 0.4) is 0 Å². The van der Waals surface area contributed by atoms with Crippen LogP contribution in [0.25, 0.3) is 0 Å². The van der Waals surface area contributed by atoms with Crippen molar-refractivity contribution in [2.24, 2.45) is 0 Å². The maximum Gasteiger partial charge on any atom is 0.102 e. The van der Waals surface area contributed by atoms with Crippen LogP contribution in [0.15, 0.2) is 394 Å². The zero-order valence-corrected chi connectivity index (χ0v) is 64.1. The fraction of sp³-hybridized carbons (Fsp3) is 0. The first-order valence-electron chi connectivity index (χ1n) is 28.2. The molecule has 9 heteroatoms. The molecule has 0 amide bonds. The van der Waals surface area contributed by atoms with Gasteiger partial charge in [0.25, 0.3) is 0 Å². The van der Waals surface area contributed by atoms with Crippen LogP contribution in [0.1, 0.15) is 0 Å². The van der Waals surface area contributed by atoms with Gasteiger partial charge < -0.3 is 27.0 Å². The Morgan fingerprint density at radius 2 is 0.218 bits per heavy atom. The van der Waals surface area contributed by atoms with Gasteiger partial charge in [-0.25, -0.2) is 0 Å². The third-order valence-corrected chi connectivity index (χ3v) is 26.4. The van der Waals surface area contributed by atoms with Gasteiger partial charge in [0.2, 0.25) is 0 Å². The molecular formula is C78H71HgP4Pt2S2+3. The summed E-state index contributed by atoms with van der Waals surface area (Å²) in [5.74, 6) is 0. The maximum absolute atomic E-state index is 2.24. The molecule has 0 aliphatic rings. The van der Waals surface area contributed by atoms with E-state index in [-0.39, 0.29) is 69.1 Å². The van der Waals surface area contributed by atoms with Crippen LogP contribution < -0.4 is 66.7 Å². The second kappa shape index (κ2) is 41.7. The van der Waals surface area contributed by atoms with Crippen LogP contribution in [0, 0.1) is 0 Å². The first kappa shape index (κ1) is 72.3. The van der Waals surface area contributed by atoms with Crippen LogP contribution in [0.2, 0.25) is 0 Å². The van der Waals surface area contributed by atoms with Crippen LogP contribution in [0.5, 0.6) is 0 Å². The van der Waals surface area contributed by atoms with Gasteiger partial charge in [0, 0.05) is 42.1 Å². The molecule has 13 aromatic rings. The summed E-state index contributed by atoms with van der Waals surface area (Å²) in [7, 11) is -3.51. The third kappa shape index (κ3) is 23.2. The van der Waals surface area contributed by atoms with Crippen molar-refractivity contribution < 1.29 is 68.3 Å². The van der Waals surface area contributed by atoms with Gasteiger partial charge in [-0.3, -0.25) is 0 Å². The zero-order chi connectivity index (χ0) is 56.8. The van der Waals surface area contributed by atoms with E-state index < -0.39 is 31.7 Å². The van der Waals surface area contributed by atoms with E-state index in [1.54, 1.807) is 0 Å². The van der Waals surface area contributed by atoms with Gasteiger partial charge in [0.05, 0.1) is 31.7 Å². The monoisotopic (exact) mass is 1790 g/mol. The van der Waals surface area contributed by atoms with E-state index in [4.69, 9.17) is 0 Å². The number of hydrogen-bond acceptors (Lipinski definition) is 2. The SMILES string of the molecule is [Hg+][c]1ccccc1.[Pt].[Pt].[SH-].[SH-].c1ccc([PH+](c2ccccc2)c2ccccc2)cc1.c1ccc([PH+](c2ccccc2)c2ccccc2)cc1.c1ccc([PH+](c2ccccc2)c2ccccc2)cc1.c1ccc([PH+](c2ccccc2)c2ccccc2)cc1. The molecule has 0 radical (unpaired) electrons. The Kier molecular flexibility index (Phi) is 34.7. The molecule has 0 atom stereocenters. The Balaban J connectivity index is 0.000000201. The number of benzene rings is 13. The van der Waals surface area contributed by atoms with E-state index >= 15 is 0 Å². The molecule has 13 aromatic carbocycles. The minimum atomic E-state index is -0.877. The summed E-state index contributed by atoms with van der Waals surface area (Å²) in [5, 5.41) is 17.2. The summed E-state index contributed by atoms with van der Waals surface area (Å²) in [6.45, 7) is 0. The van der Waals surface area contributed by atoms with Crippen molar-refractivity contribution in [2.45, 2.75) is 0 Å². The van der Waals surface area contributed by atoms with Crippen molar-refractivity contribution in [3.63, 3.8) is 0 Å². The molecule has 0 bridgehead atoms. The molecule has 0 saturated carbocycles. The molecule has 434 valence electrons. The topological polar surface area (TPSA) is 0 Å². The van der Waals surface area contributed by atoms with Crippen molar-refractivity contribution >= 4 is 125 Å². The van der Waals surface area contributed by atoms with Gasteiger partial charge in [-0.1, -0.05) is 218 Å². The van der Waals surface area contributed by atoms with Crippen LogP contribution in [-0.4, -0.2) is 0 Å². The van der Waals surface area contributed by atoms with Crippen molar-refractivity contribution in [2.75, 3.05) is 0 Å². The normalized spacial score (nSPS) is 9.95. The van der Waals surface area contributed by atoms with E-state index in [0.29, 0.717) is 0 Å². The minimum absolute atomic E-state index is 0. The first-order chi connectivity index (χ1) is 41.2. The molecule has 0 unspecified atom stereocenters. The van der Waals surface area contributed by atoms with Gasteiger partial charge in [-0.05, 0) is 146 Å². The predicted octanol–water partition coefficient (Wildman–Crippen LogP) is 13.0. The van der Waals surface area contributed by atoms with Crippen molar-refractivity contribution in [1.82, 2.24) is 0 Å². The van der Waals surface area contributed by atoms with E-state index in [0.717, 1.165) is 26.1 Å². The summed E-state index contributed by atoms with van der Waals surface area (Å²) < 4.78 is 1.52. The van der Waals surface area contributed by atoms with Gasteiger partial charge in [-0.2, -0.15) is 0 Å². The van der Waals surface area contributed by atoms with Crippen molar-refractivity contribution in [3.8, 4) is 0 Å². The number of thiol groups is 2. The maximum atomic E-state index is 2.24. The van der Waals surface area contributed by atoms with E-state index in [1.165, 1.54) is 66.7 Å². The zero-order valence-electron chi connectivity index (χ0n) is 48.3. The second-order valence-electron chi connectivity index (χ2n) is 19.4. The van der Waals surface area contributed by atoms with Gasteiger partial charge >= 0.3 is 59.5 Å². The smallest absolute Gasteiger partial charge is 0.102 e. The fourth-order valence-corrected chi connectivity index (χ4v) is 21.1. The van der Waals surface area contributed by atoms with Crippen molar-refractivity contribution in [3.05, 3.63) is 394 Å². The van der Waals surface area contributed by atoms with E-state index in [2.05, 4.69) is 394 Å². The summed E-state index contributed by atoms with van der Waals surface area (Å²) >= 11 is 0.810. The van der Waals surface area contributed by atoms with Crippen LogP contribution in [0.4, 0.5) is 0 Å². The fourth-order valence-electron chi connectivity index (χ4n) is 9.74. The average Bonchev–Trinajstić information content (AvgIpc) is 3.12. The Bertz CT molecular complexity index is 2930. The van der Waals surface area contributed by atoms with E-state index in [1.807, 2.05) is 0 Å². The molecule has 0 aromatic heterocycles. The molecule has 0 fully saturated rings. The summed E-state index contributed by atoms with van der Waals surface area (Å²) in [5.41, 5.74) is 0. The first-order valence-corrected chi connectivity index (χ1v) is 36.9. The summed E-state index contributed by atoms with van der Waals surface area (Å²) in [6, 6.07) is 141. The predicted molar refractivity (Wildman–Crippen MR) is 390 cm³/mol. The molecule has 0 nitrogen and oxygen atoms in total. The molecule has 0 spiro atoms. The number of rotatable bonds is 12. The van der Waals surface area contributed by atoms with Gasteiger partial charge in [0.1, 0.15) is 63.7 Å².